The lowest BCUT2D eigenvalue weighted by molar-refractivity contribution is -0.143. The van der Waals surface area contributed by atoms with E-state index in [9.17, 15) is 19.5 Å². The number of aliphatic hydroxyl groups excluding tert-OH is 1. The van der Waals surface area contributed by atoms with Gasteiger partial charge in [0.25, 0.3) is 0 Å². The van der Waals surface area contributed by atoms with Crippen molar-refractivity contribution in [3.05, 3.63) is 71.8 Å². The fourth-order valence-corrected chi connectivity index (χ4v) is 4.21. The van der Waals surface area contributed by atoms with Gasteiger partial charge in [-0.1, -0.05) is 60.7 Å². The first kappa shape index (κ1) is 29.5. The highest BCUT2D eigenvalue weighted by Crippen LogP contribution is 2.32. The van der Waals surface area contributed by atoms with Gasteiger partial charge in [0.05, 0.1) is 5.92 Å². The molecule has 0 aromatic heterocycles. The zero-order valence-electron chi connectivity index (χ0n) is 20.9. The average Bonchev–Trinajstić information content (AvgIpc) is 2.89. The molecule has 10 heteroatoms. The third kappa shape index (κ3) is 9.00. The van der Waals surface area contributed by atoms with Crippen LogP contribution in [0.4, 0.5) is 0 Å². The number of amides is 1. The summed E-state index contributed by atoms with van der Waals surface area (Å²) < 4.78 is 0. The maximum Gasteiger partial charge on any atom is 0.322 e. The summed E-state index contributed by atoms with van der Waals surface area (Å²) in [5.74, 6) is -3.23. The van der Waals surface area contributed by atoms with Crippen LogP contribution in [-0.4, -0.2) is 65.6 Å². The number of benzene rings is 2. The van der Waals surface area contributed by atoms with Crippen molar-refractivity contribution in [2.24, 2.45) is 16.5 Å². The van der Waals surface area contributed by atoms with E-state index in [1.165, 1.54) is 0 Å². The first-order valence-electron chi connectivity index (χ1n) is 12.4. The Morgan fingerprint density at radius 1 is 0.892 bits per heavy atom. The molecule has 0 aliphatic carbocycles. The second-order valence-corrected chi connectivity index (χ2v) is 8.72. The Balaban J connectivity index is 2.55. The summed E-state index contributed by atoms with van der Waals surface area (Å²) in [5.41, 5.74) is 10.6. The number of nitrogens with zero attached hydrogens (tertiary/aromatic N) is 1. The van der Waals surface area contributed by atoms with Crippen molar-refractivity contribution in [1.82, 2.24) is 10.6 Å². The minimum absolute atomic E-state index is 0.0459. The molecule has 1 atom stereocenters. The molecule has 0 spiro atoms. The summed E-state index contributed by atoms with van der Waals surface area (Å²) >= 11 is 0. The summed E-state index contributed by atoms with van der Waals surface area (Å²) in [4.78, 5) is 43.4. The highest BCUT2D eigenvalue weighted by Gasteiger charge is 2.48. The Morgan fingerprint density at radius 2 is 1.49 bits per heavy atom. The molecule has 0 fully saturated rings. The number of Topliss-reactive ketones (excluding diaryl/α,β-unsaturated/α-hetero) is 1. The van der Waals surface area contributed by atoms with Crippen molar-refractivity contribution in [1.29, 1.82) is 0 Å². The van der Waals surface area contributed by atoms with Gasteiger partial charge < -0.3 is 27.0 Å². The number of nitrogens with two attached hydrogens (primary N) is 2. The number of hydrogen-bond donors (Lipinski definition) is 6. The Kier molecular flexibility index (Phi) is 12.2. The Labute approximate surface area is 217 Å². The lowest BCUT2D eigenvalue weighted by Gasteiger charge is -2.35. The predicted octanol–water partition coefficient (Wildman–Crippen LogP) is 1.13. The highest BCUT2D eigenvalue weighted by molar-refractivity contribution is 6.14. The predicted molar refractivity (Wildman–Crippen MR) is 142 cm³/mol. The second-order valence-electron chi connectivity index (χ2n) is 8.72. The number of aliphatic carboxylic acids is 1. The van der Waals surface area contributed by atoms with Crippen molar-refractivity contribution >= 4 is 23.6 Å². The number of carbonyl (C=O) groups excluding carboxylic acids is 2. The number of nitrogens with one attached hydrogen (secondary N) is 2. The summed E-state index contributed by atoms with van der Waals surface area (Å²) in [7, 11) is 0. The van der Waals surface area contributed by atoms with Crippen LogP contribution in [0.5, 0.6) is 0 Å². The van der Waals surface area contributed by atoms with E-state index in [0.29, 0.717) is 43.4 Å². The molecule has 2 aromatic carbocycles. The van der Waals surface area contributed by atoms with Crippen LogP contribution in [0.3, 0.4) is 0 Å². The van der Waals surface area contributed by atoms with Crippen LogP contribution < -0.4 is 22.1 Å². The molecule has 8 N–H and O–H groups in total. The Morgan fingerprint density at radius 3 is 2.00 bits per heavy atom. The number of carboxylic acid groups (broad SMARTS) is 1. The SMILES string of the molecule is NC(N)=NCCC[C@](NCCCCCO)(C(=O)NCC(=O)O)C(=O)C(c1ccccc1)c1ccccc1. The lowest BCUT2D eigenvalue weighted by Crippen LogP contribution is -2.64. The van der Waals surface area contributed by atoms with Crippen LogP contribution in [-0.2, 0) is 14.4 Å². The molecule has 0 unspecified atom stereocenters. The van der Waals surface area contributed by atoms with Gasteiger partial charge in [-0.2, -0.15) is 0 Å². The summed E-state index contributed by atoms with van der Waals surface area (Å²) in [6.45, 7) is -0.0804. The van der Waals surface area contributed by atoms with E-state index >= 15 is 0 Å². The lowest BCUT2D eigenvalue weighted by atomic mass is 9.75. The standard InChI is InChI=1S/C27H37N5O5/c28-26(29)30-16-10-15-27(25(37)31-19-22(34)35,32-17-8-3-9-18-33)24(36)23(20-11-4-1-5-12-20)21-13-6-2-7-14-21/h1-2,4-7,11-14,23,32-33H,3,8-10,15-19H2,(H,31,37)(H,34,35)(H4,28,29,30)/t27-/m1/s1. The second kappa shape index (κ2) is 15.4. The van der Waals surface area contributed by atoms with Crippen molar-refractivity contribution in [3.8, 4) is 0 Å². The van der Waals surface area contributed by atoms with Crippen molar-refractivity contribution in [3.63, 3.8) is 0 Å². The maximum atomic E-state index is 14.5. The first-order chi connectivity index (χ1) is 17.8. The van der Waals surface area contributed by atoms with Gasteiger partial charge >= 0.3 is 5.97 Å². The normalized spacial score (nSPS) is 12.5. The molecule has 37 heavy (non-hydrogen) atoms. The van der Waals surface area contributed by atoms with Crippen LogP contribution in [0.2, 0.25) is 0 Å². The van der Waals surface area contributed by atoms with Gasteiger partial charge in [-0.15, -0.1) is 0 Å². The number of aliphatic imine (C=N–C) groups is 1. The molecule has 200 valence electrons. The molecule has 0 aliphatic rings. The zero-order chi connectivity index (χ0) is 27.1. The molecule has 1 amide bonds. The van der Waals surface area contributed by atoms with Gasteiger partial charge in [0.15, 0.2) is 17.3 Å². The largest absolute Gasteiger partial charge is 0.480 e. The molecule has 0 saturated carbocycles. The Hall–Kier alpha value is -3.76. The van der Waals surface area contributed by atoms with E-state index < -0.39 is 35.7 Å². The number of carbonyl (C=O) groups is 3. The van der Waals surface area contributed by atoms with Crippen LogP contribution in [0.25, 0.3) is 0 Å². The van der Waals surface area contributed by atoms with E-state index in [4.69, 9.17) is 16.6 Å². The molecule has 10 nitrogen and oxygen atoms in total. The quantitative estimate of drug-likeness (QED) is 0.0791. The molecular weight excluding hydrogens is 474 g/mol. The van der Waals surface area contributed by atoms with E-state index in [2.05, 4.69) is 15.6 Å². The van der Waals surface area contributed by atoms with Crippen LogP contribution in [0.15, 0.2) is 65.7 Å². The van der Waals surface area contributed by atoms with E-state index in [0.717, 1.165) is 0 Å². The number of ketones is 1. The topological polar surface area (TPSA) is 180 Å². The van der Waals surface area contributed by atoms with Gasteiger partial charge in [0.1, 0.15) is 6.54 Å². The number of guanidine groups is 1. The third-order valence-corrected chi connectivity index (χ3v) is 6.00. The van der Waals surface area contributed by atoms with Crippen molar-refractivity contribution < 1.29 is 24.6 Å². The van der Waals surface area contributed by atoms with Crippen LogP contribution >= 0.6 is 0 Å². The van der Waals surface area contributed by atoms with E-state index in [1.54, 1.807) is 0 Å². The van der Waals surface area contributed by atoms with Gasteiger partial charge in [-0.25, -0.2) is 0 Å². The minimum atomic E-state index is -1.75. The zero-order valence-corrected chi connectivity index (χ0v) is 20.9. The number of hydrogen-bond acceptors (Lipinski definition) is 6. The molecule has 0 radical (unpaired) electrons. The smallest absolute Gasteiger partial charge is 0.322 e. The van der Waals surface area contributed by atoms with Crippen molar-refractivity contribution in [2.45, 2.75) is 43.6 Å². The average molecular weight is 512 g/mol. The highest BCUT2D eigenvalue weighted by atomic mass is 16.4. The van der Waals surface area contributed by atoms with Crippen LogP contribution in [0, 0.1) is 0 Å². The molecule has 0 saturated heterocycles. The number of unbranched alkanes of at least 4 members (excludes halogenated alkanes) is 2. The first-order valence-corrected chi connectivity index (χ1v) is 12.4. The van der Waals surface area contributed by atoms with E-state index in [-0.39, 0.29) is 25.5 Å². The molecule has 2 rings (SSSR count). The Bertz CT molecular complexity index is 988. The van der Waals surface area contributed by atoms with Crippen LogP contribution in [0.1, 0.15) is 49.1 Å². The molecule has 0 aliphatic heterocycles. The maximum absolute atomic E-state index is 14.5. The summed E-state index contributed by atoms with van der Waals surface area (Å²) in [6, 6.07) is 18.3. The monoisotopic (exact) mass is 511 g/mol. The summed E-state index contributed by atoms with van der Waals surface area (Å²) in [6.07, 6.45) is 2.24. The van der Waals surface area contributed by atoms with Gasteiger partial charge in [-0.05, 0) is 49.8 Å². The molecule has 0 heterocycles. The molecular formula is C27H37N5O5. The molecule has 2 aromatic rings. The number of carboxylic acids is 1. The fraction of sp³-hybridized carbons (Fsp3) is 0.407. The minimum Gasteiger partial charge on any atom is -0.480 e. The number of rotatable bonds is 17. The van der Waals surface area contributed by atoms with Gasteiger partial charge in [0, 0.05) is 13.2 Å². The number of aliphatic hydroxyl groups is 1. The van der Waals surface area contributed by atoms with Gasteiger partial charge in [0.2, 0.25) is 5.91 Å². The third-order valence-electron chi connectivity index (χ3n) is 6.00. The van der Waals surface area contributed by atoms with Gasteiger partial charge in [-0.3, -0.25) is 24.7 Å². The summed E-state index contributed by atoms with van der Waals surface area (Å²) in [5, 5.41) is 23.9. The fourth-order valence-electron chi connectivity index (χ4n) is 4.21. The molecule has 0 bridgehead atoms. The van der Waals surface area contributed by atoms with Crippen molar-refractivity contribution in [2.75, 3.05) is 26.2 Å². The van der Waals surface area contributed by atoms with E-state index in [1.807, 2.05) is 60.7 Å².